The van der Waals surface area contributed by atoms with Crippen LogP contribution in [0.1, 0.15) is 42.5 Å². The summed E-state index contributed by atoms with van der Waals surface area (Å²) in [6.45, 7) is 4.87. The number of benzene rings is 2. The fraction of sp³-hybridized carbons (Fsp3) is 0.391. The molecule has 8 heteroatoms. The highest BCUT2D eigenvalue weighted by Gasteiger charge is 2.23. The van der Waals surface area contributed by atoms with Gasteiger partial charge in [-0.25, -0.2) is 4.39 Å². The first-order chi connectivity index (χ1) is 14.5. The van der Waals surface area contributed by atoms with Gasteiger partial charge in [-0.05, 0) is 61.6 Å². The van der Waals surface area contributed by atoms with Gasteiger partial charge >= 0.3 is 0 Å². The number of aliphatic imine (C=N–C) groups is 1. The van der Waals surface area contributed by atoms with Crippen LogP contribution in [-0.2, 0) is 16.1 Å². The number of anilines is 1. The van der Waals surface area contributed by atoms with Crippen molar-refractivity contribution in [3.8, 4) is 0 Å². The second kappa shape index (κ2) is 12.0. The largest absolute Gasteiger partial charge is 0.368 e. The smallest absolute Gasteiger partial charge is 0.253 e. The van der Waals surface area contributed by atoms with Gasteiger partial charge in [0, 0.05) is 25.9 Å². The Morgan fingerprint density at radius 1 is 1.29 bits per heavy atom. The fourth-order valence-corrected chi connectivity index (χ4v) is 3.31. The van der Waals surface area contributed by atoms with Crippen molar-refractivity contribution in [3.05, 3.63) is 65.0 Å². The summed E-state index contributed by atoms with van der Waals surface area (Å²) in [6, 6.07) is 12.8. The molecule has 31 heavy (non-hydrogen) atoms. The molecular formula is C23H30FIN4O2. The van der Waals surface area contributed by atoms with E-state index in [0.29, 0.717) is 24.7 Å². The molecule has 2 aromatic carbocycles. The van der Waals surface area contributed by atoms with Gasteiger partial charge in [-0.15, -0.1) is 24.0 Å². The maximum Gasteiger partial charge on any atom is 0.253 e. The molecule has 1 heterocycles. The molecule has 2 unspecified atom stereocenters. The van der Waals surface area contributed by atoms with Gasteiger partial charge in [0.15, 0.2) is 5.96 Å². The van der Waals surface area contributed by atoms with E-state index in [1.54, 1.807) is 26.1 Å². The van der Waals surface area contributed by atoms with Crippen LogP contribution in [-0.4, -0.2) is 31.6 Å². The Morgan fingerprint density at radius 2 is 2.10 bits per heavy atom. The average molecular weight is 540 g/mol. The number of ether oxygens (including phenoxy) is 1. The van der Waals surface area contributed by atoms with Crippen LogP contribution in [0.15, 0.2) is 47.5 Å². The standard InChI is InChI=1S/C23H29FN4O2.HI/c1-15-9-10-18(13-20(15)24)16(2)27-23(25-3)26-14-17-6-4-7-19(12-17)28-22(29)21-8-5-11-30-21;/h4,6-7,9-10,12-13,16,21H,5,8,11,14H2,1-3H3,(H,28,29)(H2,25,26,27);1H. The number of rotatable bonds is 6. The number of aryl methyl sites for hydroxylation is 1. The molecule has 2 aromatic rings. The highest BCUT2D eigenvalue weighted by Crippen LogP contribution is 2.17. The van der Waals surface area contributed by atoms with Crippen molar-refractivity contribution in [2.45, 2.75) is 45.4 Å². The summed E-state index contributed by atoms with van der Waals surface area (Å²) in [5.41, 5.74) is 3.21. The number of nitrogens with zero attached hydrogens (tertiary/aromatic N) is 1. The van der Waals surface area contributed by atoms with Crippen LogP contribution in [0.5, 0.6) is 0 Å². The van der Waals surface area contributed by atoms with E-state index < -0.39 is 0 Å². The third-order valence-corrected chi connectivity index (χ3v) is 5.15. The SMILES string of the molecule is CN=C(NCc1cccc(NC(=O)C2CCCO2)c1)NC(C)c1ccc(C)c(F)c1.I. The van der Waals surface area contributed by atoms with Crippen molar-refractivity contribution in [1.29, 1.82) is 0 Å². The molecule has 6 nitrogen and oxygen atoms in total. The van der Waals surface area contributed by atoms with E-state index in [1.165, 1.54) is 0 Å². The Bertz CT molecular complexity index is 916. The third kappa shape index (κ3) is 7.17. The molecule has 1 aliphatic heterocycles. The summed E-state index contributed by atoms with van der Waals surface area (Å²) < 4.78 is 19.3. The monoisotopic (exact) mass is 540 g/mol. The minimum atomic E-state index is -0.358. The van der Waals surface area contributed by atoms with Crippen molar-refractivity contribution in [3.63, 3.8) is 0 Å². The van der Waals surface area contributed by atoms with Crippen LogP contribution in [0.2, 0.25) is 0 Å². The van der Waals surface area contributed by atoms with Gasteiger partial charge in [-0.3, -0.25) is 9.79 Å². The minimum Gasteiger partial charge on any atom is -0.368 e. The fourth-order valence-electron chi connectivity index (χ4n) is 3.31. The number of halogens is 2. The highest BCUT2D eigenvalue weighted by molar-refractivity contribution is 14.0. The number of amides is 1. The third-order valence-electron chi connectivity index (χ3n) is 5.15. The predicted molar refractivity (Wildman–Crippen MR) is 132 cm³/mol. The predicted octanol–water partition coefficient (Wildman–Crippen LogP) is 4.30. The van der Waals surface area contributed by atoms with E-state index in [0.717, 1.165) is 29.7 Å². The maximum atomic E-state index is 13.8. The number of carbonyl (C=O) groups excluding carboxylic acids is 1. The van der Waals surface area contributed by atoms with Gasteiger partial charge in [-0.2, -0.15) is 0 Å². The summed E-state index contributed by atoms with van der Waals surface area (Å²) in [7, 11) is 1.69. The molecule has 168 valence electrons. The molecule has 0 radical (unpaired) electrons. The molecule has 0 saturated carbocycles. The Morgan fingerprint density at radius 3 is 2.77 bits per heavy atom. The Hall–Kier alpha value is -2.20. The summed E-state index contributed by atoms with van der Waals surface area (Å²) in [6.07, 6.45) is 1.32. The van der Waals surface area contributed by atoms with E-state index in [4.69, 9.17) is 4.74 Å². The molecule has 0 aromatic heterocycles. The van der Waals surface area contributed by atoms with Gasteiger partial charge in [0.05, 0.1) is 6.04 Å². The van der Waals surface area contributed by atoms with Crippen LogP contribution in [0.3, 0.4) is 0 Å². The van der Waals surface area contributed by atoms with Crippen LogP contribution < -0.4 is 16.0 Å². The zero-order valence-corrected chi connectivity index (χ0v) is 20.4. The van der Waals surface area contributed by atoms with Crippen molar-refractivity contribution in [1.82, 2.24) is 10.6 Å². The molecule has 1 fully saturated rings. The first-order valence-corrected chi connectivity index (χ1v) is 10.2. The highest BCUT2D eigenvalue weighted by atomic mass is 127. The van der Waals surface area contributed by atoms with E-state index in [1.807, 2.05) is 37.3 Å². The van der Waals surface area contributed by atoms with E-state index in [9.17, 15) is 9.18 Å². The lowest BCUT2D eigenvalue weighted by molar-refractivity contribution is -0.124. The molecular weight excluding hydrogens is 510 g/mol. The molecule has 0 bridgehead atoms. The Kier molecular flexibility index (Phi) is 9.70. The molecule has 0 aliphatic carbocycles. The van der Waals surface area contributed by atoms with Crippen molar-refractivity contribution in [2.75, 3.05) is 19.0 Å². The summed E-state index contributed by atoms with van der Waals surface area (Å²) in [5.74, 6) is 0.289. The number of nitrogens with one attached hydrogen (secondary N) is 3. The average Bonchev–Trinajstić information content (AvgIpc) is 3.28. The summed E-state index contributed by atoms with van der Waals surface area (Å²) in [5, 5.41) is 9.44. The molecule has 1 aliphatic rings. The lowest BCUT2D eigenvalue weighted by Crippen LogP contribution is -2.38. The number of guanidine groups is 1. The summed E-state index contributed by atoms with van der Waals surface area (Å²) in [4.78, 5) is 16.5. The van der Waals surface area contributed by atoms with Crippen LogP contribution in [0, 0.1) is 12.7 Å². The lowest BCUT2D eigenvalue weighted by Gasteiger charge is -2.19. The first kappa shape index (κ1) is 25.1. The first-order valence-electron chi connectivity index (χ1n) is 10.2. The van der Waals surface area contributed by atoms with Gasteiger partial charge in [-0.1, -0.05) is 24.3 Å². The van der Waals surface area contributed by atoms with Crippen LogP contribution in [0.4, 0.5) is 10.1 Å². The maximum absolute atomic E-state index is 13.8. The summed E-state index contributed by atoms with van der Waals surface area (Å²) >= 11 is 0. The number of hydrogen-bond donors (Lipinski definition) is 3. The number of hydrogen-bond acceptors (Lipinski definition) is 3. The van der Waals surface area contributed by atoms with Crippen LogP contribution >= 0.6 is 24.0 Å². The second-order valence-corrected chi connectivity index (χ2v) is 7.49. The Labute approximate surface area is 200 Å². The lowest BCUT2D eigenvalue weighted by atomic mass is 10.1. The van der Waals surface area contributed by atoms with Crippen LogP contribution in [0.25, 0.3) is 0 Å². The van der Waals surface area contributed by atoms with Gasteiger partial charge in [0.2, 0.25) is 0 Å². The number of carbonyl (C=O) groups is 1. The second-order valence-electron chi connectivity index (χ2n) is 7.49. The normalized spacial score (nSPS) is 16.9. The van der Waals surface area contributed by atoms with Gasteiger partial charge in [0.25, 0.3) is 5.91 Å². The molecule has 3 N–H and O–H groups in total. The molecule has 0 spiro atoms. The van der Waals surface area contributed by atoms with Crippen molar-refractivity contribution >= 4 is 41.5 Å². The van der Waals surface area contributed by atoms with E-state index >= 15 is 0 Å². The molecule has 3 rings (SSSR count). The van der Waals surface area contributed by atoms with Crippen molar-refractivity contribution in [2.24, 2.45) is 4.99 Å². The molecule has 2 atom stereocenters. The van der Waals surface area contributed by atoms with Gasteiger partial charge in [0.1, 0.15) is 11.9 Å². The zero-order chi connectivity index (χ0) is 21.5. The molecule has 1 saturated heterocycles. The van der Waals surface area contributed by atoms with E-state index in [2.05, 4.69) is 20.9 Å². The quantitative estimate of drug-likeness (QED) is 0.290. The Balaban J connectivity index is 0.00000341. The topological polar surface area (TPSA) is 74.8 Å². The molecule has 1 amide bonds. The zero-order valence-electron chi connectivity index (χ0n) is 18.1. The van der Waals surface area contributed by atoms with Crippen molar-refractivity contribution < 1.29 is 13.9 Å². The minimum absolute atomic E-state index is 0. The van der Waals surface area contributed by atoms with Gasteiger partial charge < -0.3 is 20.7 Å². The van der Waals surface area contributed by atoms with E-state index in [-0.39, 0.29) is 47.8 Å².